The number of thiocarbonyl (C=S) groups is 2. The first kappa shape index (κ1) is 32.4. The van der Waals surface area contributed by atoms with Crippen molar-refractivity contribution in [3.05, 3.63) is 82.0 Å². The van der Waals surface area contributed by atoms with Gasteiger partial charge in [-0.1, -0.05) is 64.8 Å². The molecule has 0 radical (unpaired) electrons. The first-order valence-corrected chi connectivity index (χ1v) is 14.8. The van der Waals surface area contributed by atoms with Gasteiger partial charge in [0.15, 0.2) is 10.1 Å². The van der Waals surface area contributed by atoms with Crippen molar-refractivity contribution in [2.75, 3.05) is 13.2 Å². The van der Waals surface area contributed by atoms with Crippen LogP contribution >= 0.6 is 24.4 Å². The fraction of sp³-hybridized carbons (Fsp3) is 0.529. The van der Waals surface area contributed by atoms with Gasteiger partial charge in [0.25, 0.3) is 0 Å². The molecule has 6 heteroatoms. The fourth-order valence-corrected chi connectivity index (χ4v) is 5.63. The van der Waals surface area contributed by atoms with Gasteiger partial charge in [0.1, 0.15) is 0 Å². The maximum Gasteiger partial charge on any atom is 0.191 e. The molecule has 0 saturated carbocycles. The van der Waals surface area contributed by atoms with E-state index < -0.39 is 11.2 Å². The molecule has 4 unspecified atom stereocenters. The van der Waals surface area contributed by atoms with E-state index in [-0.39, 0.29) is 35.9 Å². The molecule has 2 aliphatic rings. The first-order valence-electron chi connectivity index (χ1n) is 13.9. The number of allylic oxidation sites excluding steroid dienone is 4. The molecule has 1 aromatic carbocycles. The highest BCUT2D eigenvalue weighted by atomic mass is 32.1. The molecule has 0 aromatic heterocycles. The minimum Gasteiger partial charge on any atom is -0.482 e. The lowest BCUT2D eigenvalue weighted by atomic mass is 9.73. The fourth-order valence-electron chi connectivity index (χ4n) is 5.22. The van der Waals surface area contributed by atoms with Crippen LogP contribution in [0.4, 0.5) is 0 Å². The Bertz CT molecular complexity index is 1160. The van der Waals surface area contributed by atoms with Crippen LogP contribution in [0.25, 0.3) is 0 Å². The highest BCUT2D eigenvalue weighted by molar-refractivity contribution is 7.80. The smallest absolute Gasteiger partial charge is 0.191 e. The molecule has 0 aliphatic heterocycles. The molecule has 4 atom stereocenters. The van der Waals surface area contributed by atoms with Crippen molar-refractivity contribution in [2.45, 2.75) is 80.4 Å². The number of aliphatic hydroxyl groups is 2. The predicted octanol–water partition coefficient (Wildman–Crippen LogP) is 7.67. The van der Waals surface area contributed by atoms with E-state index >= 15 is 0 Å². The molecule has 2 N–H and O–H groups in total. The summed E-state index contributed by atoms with van der Waals surface area (Å²) in [6.07, 6.45) is 8.18. The Morgan fingerprint density at radius 3 is 1.25 bits per heavy atom. The van der Waals surface area contributed by atoms with Gasteiger partial charge in [-0.3, -0.25) is 0 Å². The average Bonchev–Trinajstić information content (AvgIpc) is 2.80. The molecule has 0 heterocycles. The highest BCUT2D eigenvalue weighted by Gasteiger charge is 2.38. The quantitative estimate of drug-likeness (QED) is 0.336. The molecule has 218 valence electrons. The molecule has 3 rings (SSSR count). The first-order chi connectivity index (χ1) is 18.2. The van der Waals surface area contributed by atoms with E-state index in [1.54, 1.807) is 0 Å². The van der Waals surface area contributed by atoms with Gasteiger partial charge in [-0.15, -0.1) is 0 Å². The number of hydrogen-bond donors (Lipinski definition) is 2. The minimum absolute atomic E-state index is 0.0467. The lowest BCUT2D eigenvalue weighted by molar-refractivity contribution is 0.0334. The van der Waals surface area contributed by atoms with E-state index in [1.165, 1.54) is 0 Å². The number of rotatable bonds is 6. The lowest BCUT2D eigenvalue weighted by Gasteiger charge is -2.38. The van der Waals surface area contributed by atoms with Crippen molar-refractivity contribution in [3.63, 3.8) is 0 Å². The van der Waals surface area contributed by atoms with Crippen LogP contribution < -0.4 is 0 Å². The Hall–Kier alpha value is -2.12. The lowest BCUT2D eigenvalue weighted by Crippen LogP contribution is -2.40. The predicted molar refractivity (Wildman–Crippen MR) is 173 cm³/mol. The topological polar surface area (TPSA) is 58.9 Å². The zero-order valence-electron chi connectivity index (χ0n) is 25.7. The maximum atomic E-state index is 11.2. The molecular weight excluding hydrogens is 537 g/mol. The van der Waals surface area contributed by atoms with Crippen LogP contribution in [0.1, 0.15) is 80.4 Å². The summed E-state index contributed by atoms with van der Waals surface area (Å²) in [5.74, 6) is -0.388. The van der Waals surface area contributed by atoms with Crippen LogP contribution in [0.15, 0.2) is 70.9 Å². The SMILES string of the molecule is CC1=CC(C(C)(C)C)=CC(C)(O)C1COC(=S)c1ccc(C(=S)OCC2C(C)=CC(C(C)(C)C)=CC2(C)O)cc1. The zero-order chi connectivity index (χ0) is 30.3. The standard InChI is InChI=1S/C34H46O4S2/c1-21-15-25(31(3,4)5)17-33(9,35)27(21)19-37-29(39)23-11-13-24(14-12-23)30(40)38-20-28-22(2)16-26(32(6,7)8)18-34(28,10)36/h11-18,27-28,35-36H,19-20H2,1-10H3. The second-order valence-corrected chi connectivity index (χ2v) is 14.5. The summed E-state index contributed by atoms with van der Waals surface area (Å²) >= 11 is 11.1. The summed E-state index contributed by atoms with van der Waals surface area (Å²) in [6, 6.07) is 7.47. The summed E-state index contributed by atoms with van der Waals surface area (Å²) in [4.78, 5) is 0. The summed E-state index contributed by atoms with van der Waals surface area (Å²) in [7, 11) is 0. The molecule has 0 saturated heterocycles. The van der Waals surface area contributed by atoms with Crippen molar-refractivity contribution in [1.82, 2.24) is 0 Å². The number of benzene rings is 1. The normalized spacial score (nSPS) is 27.2. The largest absolute Gasteiger partial charge is 0.482 e. The summed E-state index contributed by atoms with van der Waals surface area (Å²) < 4.78 is 12.0. The van der Waals surface area contributed by atoms with Gasteiger partial charge in [-0.25, -0.2) is 0 Å². The van der Waals surface area contributed by atoms with Crippen LogP contribution in [-0.4, -0.2) is 44.7 Å². The van der Waals surface area contributed by atoms with Crippen molar-refractivity contribution >= 4 is 34.5 Å². The van der Waals surface area contributed by atoms with E-state index in [1.807, 2.05) is 64.1 Å². The van der Waals surface area contributed by atoms with Gasteiger partial charge < -0.3 is 19.7 Å². The van der Waals surface area contributed by atoms with Gasteiger partial charge in [-0.05, 0) is 111 Å². The van der Waals surface area contributed by atoms with Crippen molar-refractivity contribution in [3.8, 4) is 0 Å². The second kappa shape index (κ2) is 11.6. The third-order valence-electron chi connectivity index (χ3n) is 8.02. The van der Waals surface area contributed by atoms with Gasteiger partial charge in [-0.2, -0.15) is 0 Å². The van der Waals surface area contributed by atoms with E-state index in [2.05, 4.69) is 53.7 Å². The third kappa shape index (κ3) is 7.58. The number of hydrogen-bond acceptors (Lipinski definition) is 6. The maximum absolute atomic E-state index is 11.2. The van der Waals surface area contributed by atoms with E-state index in [0.29, 0.717) is 10.1 Å². The summed E-state index contributed by atoms with van der Waals surface area (Å²) in [5.41, 5.74) is 3.77. The molecule has 0 amide bonds. The monoisotopic (exact) mass is 582 g/mol. The third-order valence-corrected chi connectivity index (χ3v) is 8.73. The molecule has 0 bridgehead atoms. The van der Waals surface area contributed by atoms with Crippen molar-refractivity contribution in [2.24, 2.45) is 22.7 Å². The zero-order valence-corrected chi connectivity index (χ0v) is 27.3. The van der Waals surface area contributed by atoms with Crippen LogP contribution in [0.2, 0.25) is 0 Å². The van der Waals surface area contributed by atoms with Gasteiger partial charge in [0, 0.05) is 23.0 Å². The van der Waals surface area contributed by atoms with Gasteiger partial charge >= 0.3 is 0 Å². The van der Waals surface area contributed by atoms with Crippen LogP contribution in [0, 0.1) is 22.7 Å². The molecule has 40 heavy (non-hydrogen) atoms. The Kier molecular flexibility index (Phi) is 9.42. The van der Waals surface area contributed by atoms with Crippen molar-refractivity contribution < 1.29 is 19.7 Å². The van der Waals surface area contributed by atoms with Crippen LogP contribution in [0.3, 0.4) is 0 Å². The van der Waals surface area contributed by atoms with Crippen LogP contribution in [-0.2, 0) is 9.47 Å². The summed E-state index contributed by atoms with van der Waals surface area (Å²) in [6.45, 7) is 21.1. The molecule has 0 spiro atoms. The Balaban J connectivity index is 1.60. The Labute approximate surface area is 251 Å². The molecule has 0 fully saturated rings. The molecular formula is C34H46O4S2. The Morgan fingerprint density at radius 2 is 1.00 bits per heavy atom. The summed E-state index contributed by atoms with van der Waals surface area (Å²) in [5, 5.41) is 23.1. The van der Waals surface area contributed by atoms with Crippen molar-refractivity contribution in [1.29, 1.82) is 0 Å². The molecule has 1 aromatic rings. The number of ether oxygens (including phenoxy) is 2. The van der Waals surface area contributed by atoms with Gasteiger partial charge in [0.05, 0.1) is 24.4 Å². The average molecular weight is 583 g/mol. The second-order valence-electron chi connectivity index (χ2n) is 13.8. The Morgan fingerprint density at radius 1 is 0.700 bits per heavy atom. The molecule has 4 nitrogen and oxygen atoms in total. The highest BCUT2D eigenvalue weighted by Crippen LogP contribution is 2.40. The van der Waals surface area contributed by atoms with E-state index in [4.69, 9.17) is 33.9 Å². The van der Waals surface area contributed by atoms with Crippen LogP contribution in [0.5, 0.6) is 0 Å². The van der Waals surface area contributed by atoms with Gasteiger partial charge in [0.2, 0.25) is 0 Å². The minimum atomic E-state index is -1.02. The van der Waals surface area contributed by atoms with E-state index in [0.717, 1.165) is 33.4 Å². The van der Waals surface area contributed by atoms with E-state index in [9.17, 15) is 10.2 Å². The molecule has 2 aliphatic carbocycles.